The molecular formula is C14H19N3O4. The zero-order chi connectivity index (χ0) is 15.2. The topological polar surface area (TPSA) is 115 Å². The number of ether oxygens (including phenoxy) is 1. The first kappa shape index (κ1) is 15.3. The fourth-order valence-electron chi connectivity index (χ4n) is 1.93. The highest BCUT2D eigenvalue weighted by molar-refractivity contribution is 5.40. The van der Waals surface area contributed by atoms with Gasteiger partial charge in [-0.1, -0.05) is 11.2 Å². The van der Waals surface area contributed by atoms with Crippen molar-refractivity contribution < 1.29 is 19.5 Å². The minimum Gasteiger partial charge on any atom is -0.504 e. The predicted octanol–water partition coefficient (Wildman–Crippen LogP) is 1.30. The molecule has 2 rings (SSSR count). The molecular weight excluding hydrogens is 274 g/mol. The molecule has 0 bridgehead atoms. The molecule has 4 N–H and O–H groups in total. The zero-order valence-electron chi connectivity index (χ0n) is 11.8. The maximum atomic E-state index is 9.45. The van der Waals surface area contributed by atoms with Crippen LogP contribution in [0.3, 0.4) is 0 Å². The molecule has 0 saturated heterocycles. The molecule has 0 fully saturated rings. The normalized spacial score (nSPS) is 12.5. The third kappa shape index (κ3) is 4.17. The van der Waals surface area contributed by atoms with Crippen molar-refractivity contribution in [3.05, 3.63) is 35.5 Å². The number of phenols is 2. The lowest BCUT2D eigenvalue weighted by Crippen LogP contribution is -2.13. The molecule has 1 aromatic carbocycles. The van der Waals surface area contributed by atoms with Gasteiger partial charge in [0.2, 0.25) is 5.89 Å². The van der Waals surface area contributed by atoms with Crippen LogP contribution in [0.2, 0.25) is 0 Å². The summed E-state index contributed by atoms with van der Waals surface area (Å²) in [7, 11) is 1.64. The van der Waals surface area contributed by atoms with E-state index in [1.54, 1.807) is 13.2 Å². The van der Waals surface area contributed by atoms with Gasteiger partial charge in [0.15, 0.2) is 17.3 Å². The Bertz CT molecular complexity index is 585. The Labute approximate surface area is 122 Å². The van der Waals surface area contributed by atoms with Gasteiger partial charge in [0.1, 0.15) is 0 Å². The van der Waals surface area contributed by atoms with Gasteiger partial charge in [0.05, 0.1) is 6.04 Å². The van der Waals surface area contributed by atoms with Gasteiger partial charge in [-0.3, -0.25) is 0 Å². The molecule has 2 aromatic rings. The van der Waals surface area contributed by atoms with Crippen LogP contribution in [0.25, 0.3) is 0 Å². The first-order chi connectivity index (χ1) is 10.1. The second-order valence-corrected chi connectivity index (χ2v) is 4.78. The molecule has 0 saturated carbocycles. The van der Waals surface area contributed by atoms with Crippen LogP contribution < -0.4 is 5.73 Å². The van der Waals surface area contributed by atoms with E-state index in [1.807, 2.05) is 0 Å². The summed E-state index contributed by atoms with van der Waals surface area (Å²) in [6.07, 6.45) is 1.91. The van der Waals surface area contributed by atoms with Gasteiger partial charge in [-0.15, -0.1) is 0 Å². The van der Waals surface area contributed by atoms with Crippen molar-refractivity contribution in [1.82, 2.24) is 10.1 Å². The number of aromatic hydroxyl groups is 2. The lowest BCUT2D eigenvalue weighted by Gasteiger charge is -2.07. The number of methoxy groups -OCH3 is 1. The van der Waals surface area contributed by atoms with E-state index in [9.17, 15) is 10.2 Å². The minimum absolute atomic E-state index is 0.162. The first-order valence-electron chi connectivity index (χ1n) is 6.68. The van der Waals surface area contributed by atoms with E-state index < -0.39 is 6.04 Å². The Morgan fingerprint density at radius 2 is 2.14 bits per heavy atom. The Hall–Kier alpha value is -2.12. The number of hydrogen-bond donors (Lipinski definition) is 3. The minimum atomic E-state index is -0.461. The summed E-state index contributed by atoms with van der Waals surface area (Å²) in [5, 5.41) is 22.6. The van der Waals surface area contributed by atoms with Crippen LogP contribution in [-0.2, 0) is 17.6 Å². The van der Waals surface area contributed by atoms with Crippen molar-refractivity contribution in [1.29, 1.82) is 0 Å². The van der Waals surface area contributed by atoms with Crippen molar-refractivity contribution in [2.45, 2.75) is 25.3 Å². The highest BCUT2D eigenvalue weighted by Gasteiger charge is 2.16. The number of rotatable bonds is 7. The average Bonchev–Trinajstić information content (AvgIpc) is 2.92. The summed E-state index contributed by atoms with van der Waals surface area (Å²) in [5.41, 5.74) is 6.79. The monoisotopic (exact) mass is 293 g/mol. The largest absolute Gasteiger partial charge is 0.504 e. The zero-order valence-corrected chi connectivity index (χ0v) is 11.8. The fraction of sp³-hybridized carbons (Fsp3) is 0.429. The van der Waals surface area contributed by atoms with Crippen LogP contribution >= 0.6 is 0 Å². The Morgan fingerprint density at radius 3 is 2.86 bits per heavy atom. The fourth-order valence-corrected chi connectivity index (χ4v) is 1.93. The Morgan fingerprint density at radius 1 is 1.33 bits per heavy atom. The average molecular weight is 293 g/mol. The van der Waals surface area contributed by atoms with Gasteiger partial charge in [-0.25, -0.2) is 0 Å². The maximum Gasteiger partial charge on any atom is 0.243 e. The summed E-state index contributed by atoms with van der Waals surface area (Å²) < 4.78 is 10.1. The number of aryl methyl sites for hydroxylation is 1. The molecule has 0 amide bonds. The van der Waals surface area contributed by atoms with Crippen molar-refractivity contribution in [3.8, 4) is 11.5 Å². The van der Waals surface area contributed by atoms with Gasteiger partial charge in [0, 0.05) is 20.1 Å². The second-order valence-electron chi connectivity index (χ2n) is 4.78. The van der Waals surface area contributed by atoms with Crippen molar-refractivity contribution in [2.75, 3.05) is 13.7 Å². The molecule has 0 aliphatic heterocycles. The van der Waals surface area contributed by atoms with Crippen LogP contribution in [0.5, 0.6) is 11.5 Å². The van der Waals surface area contributed by atoms with Crippen molar-refractivity contribution in [3.63, 3.8) is 0 Å². The lowest BCUT2D eigenvalue weighted by molar-refractivity contribution is 0.194. The smallest absolute Gasteiger partial charge is 0.243 e. The molecule has 7 heteroatoms. The van der Waals surface area contributed by atoms with Crippen LogP contribution in [0.4, 0.5) is 0 Å². The van der Waals surface area contributed by atoms with Crippen molar-refractivity contribution in [2.24, 2.45) is 5.73 Å². The Kier molecular flexibility index (Phi) is 5.13. The molecule has 0 spiro atoms. The van der Waals surface area contributed by atoms with E-state index in [2.05, 4.69) is 10.1 Å². The standard InChI is InChI=1S/C14H19N3O4/c1-20-6-2-3-13-16-14(21-17-13)10(15)7-9-4-5-11(18)12(19)8-9/h4-5,8,10,18-19H,2-3,6-7,15H2,1H3. The third-order valence-corrected chi connectivity index (χ3v) is 3.05. The quantitative estimate of drug-likeness (QED) is 0.520. The van der Waals surface area contributed by atoms with E-state index >= 15 is 0 Å². The van der Waals surface area contributed by atoms with Crippen LogP contribution in [0, 0.1) is 0 Å². The van der Waals surface area contributed by atoms with E-state index in [0.717, 1.165) is 12.0 Å². The molecule has 7 nitrogen and oxygen atoms in total. The van der Waals surface area contributed by atoms with Crippen LogP contribution in [0.15, 0.2) is 22.7 Å². The highest BCUT2D eigenvalue weighted by Crippen LogP contribution is 2.26. The van der Waals surface area contributed by atoms with Gasteiger partial charge < -0.3 is 25.2 Å². The number of hydrogen-bond acceptors (Lipinski definition) is 7. The number of nitrogens with zero attached hydrogens (tertiary/aromatic N) is 2. The summed E-state index contributed by atoms with van der Waals surface area (Å²) in [5.74, 6) is 0.622. The summed E-state index contributed by atoms with van der Waals surface area (Å²) in [4.78, 5) is 4.25. The molecule has 114 valence electrons. The lowest BCUT2D eigenvalue weighted by atomic mass is 10.1. The molecule has 1 atom stereocenters. The van der Waals surface area contributed by atoms with Crippen molar-refractivity contribution >= 4 is 0 Å². The number of nitrogens with two attached hydrogens (primary N) is 1. The number of phenolic OH excluding ortho intramolecular Hbond substituents is 2. The van der Waals surface area contributed by atoms with Gasteiger partial charge in [-0.05, 0) is 30.5 Å². The molecule has 0 aliphatic rings. The van der Waals surface area contributed by atoms with E-state index in [0.29, 0.717) is 31.2 Å². The molecule has 0 radical (unpaired) electrons. The van der Waals surface area contributed by atoms with Gasteiger partial charge in [-0.2, -0.15) is 4.98 Å². The molecule has 1 aromatic heterocycles. The molecule has 1 heterocycles. The second kappa shape index (κ2) is 7.05. The predicted molar refractivity (Wildman–Crippen MR) is 74.9 cm³/mol. The summed E-state index contributed by atoms with van der Waals surface area (Å²) in [6.45, 7) is 0.642. The highest BCUT2D eigenvalue weighted by atomic mass is 16.5. The maximum absolute atomic E-state index is 9.45. The van der Waals surface area contributed by atoms with E-state index in [1.165, 1.54) is 12.1 Å². The third-order valence-electron chi connectivity index (χ3n) is 3.05. The number of aromatic nitrogens is 2. The molecule has 21 heavy (non-hydrogen) atoms. The molecule has 1 unspecified atom stereocenters. The molecule has 0 aliphatic carbocycles. The van der Waals surface area contributed by atoms with Crippen LogP contribution in [0.1, 0.15) is 29.7 Å². The van der Waals surface area contributed by atoms with E-state index in [4.69, 9.17) is 15.0 Å². The SMILES string of the molecule is COCCCc1noc(C(N)Cc2ccc(O)c(O)c2)n1. The Balaban J connectivity index is 1.96. The van der Waals surface area contributed by atoms with Gasteiger partial charge in [0.25, 0.3) is 0 Å². The number of benzene rings is 1. The van der Waals surface area contributed by atoms with Crippen LogP contribution in [-0.4, -0.2) is 34.1 Å². The first-order valence-corrected chi connectivity index (χ1v) is 6.68. The van der Waals surface area contributed by atoms with Gasteiger partial charge >= 0.3 is 0 Å². The van der Waals surface area contributed by atoms with E-state index in [-0.39, 0.29) is 11.5 Å². The summed E-state index contributed by atoms with van der Waals surface area (Å²) >= 11 is 0. The summed E-state index contributed by atoms with van der Waals surface area (Å²) in [6, 6.07) is 4.11.